The van der Waals surface area contributed by atoms with E-state index in [1.807, 2.05) is 0 Å². The lowest BCUT2D eigenvalue weighted by molar-refractivity contribution is -0.138. The number of carboxylic acids is 1. The maximum Gasteiger partial charge on any atom is 0.312 e. The Bertz CT molecular complexity index is 434. The second kappa shape index (κ2) is 4.80. The van der Waals surface area contributed by atoms with Crippen molar-refractivity contribution in [2.24, 2.45) is 5.73 Å². The molecule has 86 valence electrons. The number of halogens is 2. The van der Waals surface area contributed by atoms with Crippen LogP contribution in [0.25, 0.3) is 0 Å². The highest BCUT2D eigenvalue weighted by atomic mass is 19.2. The quantitative estimate of drug-likeness (QED) is 0.752. The summed E-state index contributed by atoms with van der Waals surface area (Å²) in [5, 5.41) is 8.79. The second-order valence-corrected chi connectivity index (χ2v) is 3.14. The van der Waals surface area contributed by atoms with E-state index >= 15 is 0 Å². The maximum absolute atomic E-state index is 12.9. The summed E-state index contributed by atoms with van der Waals surface area (Å²) in [6.07, 6.45) is 0.267. The molecule has 0 saturated heterocycles. The molecule has 0 radical (unpaired) electrons. The van der Waals surface area contributed by atoms with Gasteiger partial charge in [-0.15, -0.1) is 0 Å². The summed E-state index contributed by atoms with van der Waals surface area (Å²) in [5.74, 6) is -4.93. The highest BCUT2D eigenvalue weighted by Gasteiger charge is 2.23. The van der Waals surface area contributed by atoms with Crippen LogP contribution in [0.15, 0.2) is 12.1 Å². The summed E-state index contributed by atoms with van der Waals surface area (Å²) < 4.78 is 25.7. The van der Waals surface area contributed by atoms with Crippen LogP contribution in [0, 0.1) is 11.6 Å². The Balaban J connectivity index is 3.35. The van der Waals surface area contributed by atoms with Crippen molar-refractivity contribution in [3.63, 3.8) is 0 Å². The summed E-state index contributed by atoms with van der Waals surface area (Å²) in [6.45, 7) is -0.304. The molecule has 4 nitrogen and oxygen atoms in total. The van der Waals surface area contributed by atoms with Gasteiger partial charge in [0.05, 0.1) is 5.92 Å². The lowest BCUT2D eigenvalue weighted by atomic mass is 9.94. The first-order chi connectivity index (χ1) is 7.51. The number of aldehydes is 1. The van der Waals surface area contributed by atoms with Crippen LogP contribution in [-0.2, 0) is 4.79 Å². The molecule has 1 atom stereocenters. The molecular formula is C10H9F2NO3. The highest BCUT2D eigenvalue weighted by Crippen LogP contribution is 2.22. The van der Waals surface area contributed by atoms with Crippen molar-refractivity contribution in [1.29, 1.82) is 0 Å². The zero-order valence-electron chi connectivity index (χ0n) is 8.11. The van der Waals surface area contributed by atoms with Crippen molar-refractivity contribution in [3.05, 3.63) is 34.9 Å². The number of carbonyl (C=O) groups is 2. The topological polar surface area (TPSA) is 80.4 Å². The molecule has 0 aliphatic carbocycles. The molecule has 1 aromatic carbocycles. The van der Waals surface area contributed by atoms with Crippen LogP contribution < -0.4 is 5.73 Å². The zero-order chi connectivity index (χ0) is 12.3. The number of aliphatic carboxylic acids is 1. The van der Waals surface area contributed by atoms with Gasteiger partial charge in [-0.05, 0) is 17.7 Å². The minimum atomic E-state index is -1.29. The summed E-state index contributed by atoms with van der Waals surface area (Å²) in [6, 6.07) is 1.34. The van der Waals surface area contributed by atoms with Crippen LogP contribution in [0.3, 0.4) is 0 Å². The van der Waals surface area contributed by atoms with Gasteiger partial charge in [0.25, 0.3) is 0 Å². The van der Waals surface area contributed by atoms with Gasteiger partial charge in [0, 0.05) is 12.1 Å². The van der Waals surface area contributed by atoms with Gasteiger partial charge in [0.2, 0.25) is 0 Å². The second-order valence-electron chi connectivity index (χ2n) is 3.14. The van der Waals surface area contributed by atoms with Gasteiger partial charge in [-0.2, -0.15) is 0 Å². The number of carboxylic acid groups (broad SMARTS) is 1. The molecule has 1 aromatic rings. The van der Waals surface area contributed by atoms with E-state index in [1.165, 1.54) is 0 Å². The Kier molecular flexibility index (Phi) is 3.68. The molecule has 1 unspecified atom stereocenters. The molecule has 6 heteroatoms. The Labute approximate surface area is 89.7 Å². The lowest BCUT2D eigenvalue weighted by Gasteiger charge is -2.12. The molecule has 0 amide bonds. The fourth-order valence-electron chi connectivity index (χ4n) is 1.34. The van der Waals surface area contributed by atoms with Gasteiger partial charge in [-0.1, -0.05) is 0 Å². The van der Waals surface area contributed by atoms with Crippen molar-refractivity contribution >= 4 is 12.3 Å². The van der Waals surface area contributed by atoms with Gasteiger partial charge in [0.15, 0.2) is 11.6 Å². The van der Waals surface area contributed by atoms with Crippen LogP contribution in [-0.4, -0.2) is 23.9 Å². The molecular weight excluding hydrogens is 220 g/mol. The number of nitrogens with two attached hydrogens (primary N) is 1. The highest BCUT2D eigenvalue weighted by molar-refractivity contribution is 5.84. The van der Waals surface area contributed by atoms with Crippen molar-refractivity contribution in [2.45, 2.75) is 5.92 Å². The SMILES string of the molecule is NCC(C(=O)O)c1cc(F)c(F)cc1C=O. The first kappa shape index (κ1) is 12.3. The summed E-state index contributed by atoms with van der Waals surface area (Å²) in [7, 11) is 0. The molecule has 3 N–H and O–H groups in total. The van der Waals surface area contributed by atoms with Crippen LogP contribution in [0.1, 0.15) is 21.8 Å². The number of hydrogen-bond acceptors (Lipinski definition) is 3. The number of rotatable bonds is 4. The third-order valence-corrected chi connectivity index (χ3v) is 2.16. The molecule has 0 aliphatic heterocycles. The van der Waals surface area contributed by atoms with Crippen molar-refractivity contribution in [2.75, 3.05) is 6.54 Å². The molecule has 0 heterocycles. The Hall–Kier alpha value is -1.82. The normalized spacial score (nSPS) is 12.2. The number of benzene rings is 1. The average molecular weight is 229 g/mol. The van der Waals surface area contributed by atoms with Gasteiger partial charge >= 0.3 is 5.97 Å². The Morgan fingerprint density at radius 3 is 2.44 bits per heavy atom. The van der Waals surface area contributed by atoms with Crippen molar-refractivity contribution in [1.82, 2.24) is 0 Å². The predicted octanol–water partition coefficient (Wildman–Crippen LogP) is 0.904. The minimum absolute atomic E-state index is 0.121. The van der Waals surface area contributed by atoms with Crippen LogP contribution in [0.5, 0.6) is 0 Å². The van der Waals surface area contributed by atoms with E-state index in [1.54, 1.807) is 0 Å². The van der Waals surface area contributed by atoms with Crippen molar-refractivity contribution in [3.8, 4) is 0 Å². The van der Waals surface area contributed by atoms with E-state index in [-0.39, 0.29) is 24.0 Å². The van der Waals surface area contributed by atoms with E-state index in [0.29, 0.717) is 12.1 Å². The molecule has 0 spiro atoms. The van der Waals surface area contributed by atoms with Gasteiger partial charge < -0.3 is 10.8 Å². The fraction of sp³-hybridized carbons (Fsp3) is 0.200. The largest absolute Gasteiger partial charge is 0.481 e. The van der Waals surface area contributed by atoms with E-state index in [4.69, 9.17) is 10.8 Å². The van der Waals surface area contributed by atoms with E-state index < -0.39 is 23.5 Å². The molecule has 0 aromatic heterocycles. The van der Waals surface area contributed by atoms with E-state index in [0.717, 1.165) is 0 Å². The zero-order valence-corrected chi connectivity index (χ0v) is 8.11. The van der Waals surface area contributed by atoms with E-state index in [9.17, 15) is 18.4 Å². The minimum Gasteiger partial charge on any atom is -0.481 e. The van der Waals surface area contributed by atoms with E-state index in [2.05, 4.69) is 0 Å². The third kappa shape index (κ3) is 2.22. The Morgan fingerprint density at radius 2 is 2.00 bits per heavy atom. The van der Waals surface area contributed by atoms with Crippen LogP contribution in [0.4, 0.5) is 8.78 Å². The first-order valence-electron chi connectivity index (χ1n) is 4.38. The predicted molar refractivity (Wildman–Crippen MR) is 51.2 cm³/mol. The molecule has 1 rings (SSSR count). The fourth-order valence-corrected chi connectivity index (χ4v) is 1.34. The van der Waals surface area contributed by atoms with Crippen LogP contribution in [0.2, 0.25) is 0 Å². The summed E-state index contributed by atoms with van der Waals surface area (Å²) in [4.78, 5) is 21.4. The first-order valence-corrected chi connectivity index (χ1v) is 4.38. The number of hydrogen-bond donors (Lipinski definition) is 2. The van der Waals surface area contributed by atoms with Crippen molar-refractivity contribution < 1.29 is 23.5 Å². The molecule has 0 bridgehead atoms. The molecule has 0 fully saturated rings. The number of carbonyl (C=O) groups excluding carboxylic acids is 1. The molecule has 0 aliphatic rings. The van der Waals surface area contributed by atoms with Gasteiger partial charge in [-0.3, -0.25) is 9.59 Å². The molecule has 16 heavy (non-hydrogen) atoms. The summed E-state index contributed by atoms with van der Waals surface area (Å²) in [5.41, 5.74) is 4.87. The standard InChI is InChI=1S/C10H9F2NO3/c11-8-1-5(4-14)6(2-9(8)12)7(3-13)10(15)16/h1-2,4,7H,3,13H2,(H,15,16). The maximum atomic E-state index is 12.9. The summed E-state index contributed by atoms with van der Waals surface area (Å²) >= 11 is 0. The molecule has 0 saturated carbocycles. The third-order valence-electron chi connectivity index (χ3n) is 2.16. The lowest BCUT2D eigenvalue weighted by Crippen LogP contribution is -2.22. The van der Waals surface area contributed by atoms with Gasteiger partial charge in [0.1, 0.15) is 6.29 Å². The monoisotopic (exact) mass is 229 g/mol. The smallest absolute Gasteiger partial charge is 0.312 e. The average Bonchev–Trinajstić information content (AvgIpc) is 2.23. The van der Waals surface area contributed by atoms with Crippen LogP contribution >= 0.6 is 0 Å². The van der Waals surface area contributed by atoms with Gasteiger partial charge in [-0.25, -0.2) is 8.78 Å². The Morgan fingerprint density at radius 1 is 1.44 bits per heavy atom.